The molecule has 0 aromatic carbocycles. The first-order valence-corrected chi connectivity index (χ1v) is 6.86. The summed E-state index contributed by atoms with van der Waals surface area (Å²) < 4.78 is 1.78. The molecule has 1 aromatic heterocycles. The molecule has 0 saturated heterocycles. The summed E-state index contributed by atoms with van der Waals surface area (Å²) in [5, 5.41) is 9.84. The van der Waals surface area contributed by atoms with Crippen LogP contribution in [0.3, 0.4) is 0 Å². The molecule has 0 aliphatic rings. The van der Waals surface area contributed by atoms with E-state index in [9.17, 15) is 9.59 Å². The van der Waals surface area contributed by atoms with E-state index in [0.717, 1.165) is 17.0 Å². The average molecular weight is 280 g/mol. The lowest BCUT2D eigenvalue weighted by molar-refractivity contribution is -0.124. The van der Waals surface area contributed by atoms with Crippen molar-refractivity contribution in [2.75, 3.05) is 13.1 Å². The molecule has 112 valence electrons. The van der Waals surface area contributed by atoms with E-state index >= 15 is 0 Å². The van der Waals surface area contributed by atoms with Crippen LogP contribution in [0.1, 0.15) is 30.8 Å². The Bertz CT molecular complexity index is 492. The fraction of sp³-hybridized carbons (Fsp3) is 0.643. The lowest BCUT2D eigenvalue weighted by atomic mass is 10.1. The van der Waals surface area contributed by atoms with Crippen molar-refractivity contribution in [3.05, 3.63) is 17.0 Å². The Balaban J connectivity index is 2.36. The zero-order valence-corrected chi connectivity index (χ0v) is 12.9. The van der Waals surface area contributed by atoms with E-state index in [1.165, 1.54) is 0 Å². The minimum atomic E-state index is -0.0528. The fourth-order valence-electron chi connectivity index (χ4n) is 1.89. The number of amides is 2. The van der Waals surface area contributed by atoms with Crippen molar-refractivity contribution in [1.29, 1.82) is 0 Å². The predicted octanol–water partition coefficient (Wildman–Crippen LogP) is 0.468. The van der Waals surface area contributed by atoms with Crippen LogP contribution < -0.4 is 10.6 Å². The molecule has 1 rings (SSSR count). The van der Waals surface area contributed by atoms with Crippen molar-refractivity contribution in [2.45, 2.75) is 34.1 Å². The molecule has 0 aliphatic heterocycles. The highest BCUT2D eigenvalue weighted by Gasteiger charge is 2.13. The van der Waals surface area contributed by atoms with E-state index in [4.69, 9.17) is 0 Å². The van der Waals surface area contributed by atoms with Crippen molar-refractivity contribution in [3.63, 3.8) is 0 Å². The molecule has 0 aliphatic carbocycles. The van der Waals surface area contributed by atoms with Crippen molar-refractivity contribution in [3.8, 4) is 0 Å². The van der Waals surface area contributed by atoms with Crippen molar-refractivity contribution in [1.82, 2.24) is 20.4 Å². The van der Waals surface area contributed by atoms with Gasteiger partial charge in [0.2, 0.25) is 11.8 Å². The lowest BCUT2D eigenvalue weighted by Gasteiger charge is -2.09. The number of carbonyl (C=O) groups is 2. The fourth-order valence-corrected chi connectivity index (χ4v) is 1.89. The molecule has 1 heterocycles. The van der Waals surface area contributed by atoms with Gasteiger partial charge < -0.3 is 10.6 Å². The molecule has 0 unspecified atom stereocenters. The summed E-state index contributed by atoms with van der Waals surface area (Å²) in [5.74, 6) is -0.0902. The highest BCUT2D eigenvalue weighted by atomic mass is 16.2. The Morgan fingerprint density at radius 1 is 1.20 bits per heavy atom. The zero-order valence-electron chi connectivity index (χ0n) is 12.9. The van der Waals surface area contributed by atoms with E-state index in [-0.39, 0.29) is 17.7 Å². The van der Waals surface area contributed by atoms with Gasteiger partial charge in [-0.05, 0) is 13.8 Å². The molecule has 0 bridgehead atoms. The quantitative estimate of drug-likeness (QED) is 0.744. The van der Waals surface area contributed by atoms with Gasteiger partial charge in [-0.3, -0.25) is 14.3 Å². The Morgan fingerprint density at radius 3 is 2.30 bits per heavy atom. The van der Waals surface area contributed by atoms with E-state index in [2.05, 4.69) is 15.7 Å². The second-order valence-corrected chi connectivity index (χ2v) is 5.25. The molecule has 6 heteroatoms. The third-order valence-electron chi connectivity index (χ3n) is 3.27. The number of rotatable bonds is 6. The maximum absolute atomic E-state index is 11.8. The summed E-state index contributed by atoms with van der Waals surface area (Å²) in [7, 11) is 1.87. The maximum atomic E-state index is 11.8. The standard InChI is InChI=1S/C14H24N4O2/c1-9(2)14(20)16-7-6-15-13(19)8-12-10(3)17-18(5)11(12)4/h9H,6-8H2,1-5H3,(H,15,19)(H,16,20). The molecule has 20 heavy (non-hydrogen) atoms. The zero-order chi connectivity index (χ0) is 15.3. The predicted molar refractivity (Wildman–Crippen MR) is 77.2 cm³/mol. The highest BCUT2D eigenvalue weighted by molar-refractivity contribution is 5.79. The number of nitrogens with one attached hydrogen (secondary N) is 2. The average Bonchev–Trinajstić information content (AvgIpc) is 2.61. The number of hydrogen-bond donors (Lipinski definition) is 2. The smallest absolute Gasteiger partial charge is 0.224 e. The summed E-state index contributed by atoms with van der Waals surface area (Å²) in [4.78, 5) is 23.2. The topological polar surface area (TPSA) is 76.0 Å². The molecular weight excluding hydrogens is 256 g/mol. The third kappa shape index (κ3) is 4.36. The van der Waals surface area contributed by atoms with Gasteiger partial charge >= 0.3 is 0 Å². The number of hydrogen-bond acceptors (Lipinski definition) is 3. The van der Waals surface area contributed by atoms with Gasteiger partial charge in [0.25, 0.3) is 0 Å². The number of nitrogens with zero attached hydrogens (tertiary/aromatic N) is 2. The molecule has 2 amide bonds. The van der Waals surface area contributed by atoms with Gasteiger partial charge in [0.05, 0.1) is 12.1 Å². The summed E-state index contributed by atoms with van der Waals surface area (Å²) in [6.45, 7) is 8.41. The number of aryl methyl sites for hydroxylation is 2. The van der Waals surface area contributed by atoms with Crippen LogP contribution in [-0.4, -0.2) is 34.7 Å². The minimum absolute atomic E-state index is 0.00167. The van der Waals surface area contributed by atoms with Crippen LogP contribution in [0.15, 0.2) is 0 Å². The minimum Gasteiger partial charge on any atom is -0.354 e. The van der Waals surface area contributed by atoms with Crippen LogP contribution in [0, 0.1) is 19.8 Å². The van der Waals surface area contributed by atoms with E-state index in [1.54, 1.807) is 4.68 Å². The van der Waals surface area contributed by atoms with Crippen molar-refractivity contribution in [2.24, 2.45) is 13.0 Å². The normalized spacial score (nSPS) is 10.7. The summed E-state index contributed by atoms with van der Waals surface area (Å²) >= 11 is 0. The molecule has 0 spiro atoms. The molecule has 0 saturated carbocycles. The van der Waals surface area contributed by atoms with E-state index in [0.29, 0.717) is 19.5 Å². The van der Waals surface area contributed by atoms with Gasteiger partial charge in [-0.1, -0.05) is 13.8 Å². The summed E-state index contributed by atoms with van der Waals surface area (Å²) in [6, 6.07) is 0. The Labute approximate surface area is 119 Å². The van der Waals surface area contributed by atoms with Gasteiger partial charge in [-0.2, -0.15) is 5.10 Å². The second-order valence-electron chi connectivity index (χ2n) is 5.25. The van der Waals surface area contributed by atoms with Gasteiger partial charge in [0.15, 0.2) is 0 Å². The first-order valence-electron chi connectivity index (χ1n) is 6.86. The number of carbonyl (C=O) groups excluding carboxylic acids is 2. The van der Waals surface area contributed by atoms with Gasteiger partial charge in [-0.25, -0.2) is 0 Å². The molecule has 0 atom stereocenters. The third-order valence-corrected chi connectivity index (χ3v) is 3.27. The molecule has 6 nitrogen and oxygen atoms in total. The van der Waals surface area contributed by atoms with Crippen LogP contribution in [0.2, 0.25) is 0 Å². The van der Waals surface area contributed by atoms with Crippen molar-refractivity contribution >= 4 is 11.8 Å². The molecular formula is C14H24N4O2. The Kier molecular flexibility index (Phi) is 5.73. The van der Waals surface area contributed by atoms with Crippen LogP contribution in [0.4, 0.5) is 0 Å². The van der Waals surface area contributed by atoms with Crippen LogP contribution in [0.5, 0.6) is 0 Å². The SMILES string of the molecule is Cc1nn(C)c(C)c1CC(=O)NCCNC(=O)C(C)C. The molecule has 1 aromatic rings. The maximum Gasteiger partial charge on any atom is 0.224 e. The molecule has 0 radical (unpaired) electrons. The van der Waals surface area contributed by atoms with Crippen LogP contribution in [-0.2, 0) is 23.1 Å². The monoisotopic (exact) mass is 280 g/mol. The second kappa shape index (κ2) is 7.07. The Morgan fingerprint density at radius 2 is 1.80 bits per heavy atom. The first-order chi connectivity index (χ1) is 9.32. The first kappa shape index (κ1) is 16.2. The molecule has 0 fully saturated rings. The highest BCUT2D eigenvalue weighted by Crippen LogP contribution is 2.12. The van der Waals surface area contributed by atoms with Gasteiger partial charge in [0, 0.05) is 37.3 Å². The largest absolute Gasteiger partial charge is 0.354 e. The van der Waals surface area contributed by atoms with Crippen LogP contribution in [0.25, 0.3) is 0 Å². The van der Waals surface area contributed by atoms with Gasteiger partial charge in [-0.15, -0.1) is 0 Å². The van der Waals surface area contributed by atoms with Crippen molar-refractivity contribution < 1.29 is 9.59 Å². The van der Waals surface area contributed by atoms with Gasteiger partial charge in [0.1, 0.15) is 0 Å². The van der Waals surface area contributed by atoms with E-state index < -0.39 is 0 Å². The van der Waals surface area contributed by atoms with Crippen LogP contribution >= 0.6 is 0 Å². The summed E-state index contributed by atoms with van der Waals surface area (Å²) in [5.41, 5.74) is 2.86. The number of aromatic nitrogens is 2. The van der Waals surface area contributed by atoms with E-state index in [1.807, 2.05) is 34.7 Å². The summed E-state index contributed by atoms with van der Waals surface area (Å²) in [6.07, 6.45) is 0.323. The lowest BCUT2D eigenvalue weighted by Crippen LogP contribution is -2.37. The molecule has 2 N–H and O–H groups in total. The Hall–Kier alpha value is -1.85.